The number of carbonyl (C=O) groups excluding carboxylic acids is 3. The number of halogens is 2. The van der Waals surface area contributed by atoms with Gasteiger partial charge < -0.3 is 16.2 Å². The second-order valence-corrected chi connectivity index (χ2v) is 9.10. The van der Waals surface area contributed by atoms with Gasteiger partial charge in [0.05, 0.1) is 12.1 Å². The lowest BCUT2D eigenvalue weighted by atomic mass is 9.88. The molecule has 0 spiro atoms. The van der Waals surface area contributed by atoms with Crippen molar-refractivity contribution in [2.24, 2.45) is 5.73 Å². The molecule has 5 atom stereocenters. The first kappa shape index (κ1) is 26.8. The summed E-state index contributed by atoms with van der Waals surface area (Å²) in [5, 5.41) is 13.7. The van der Waals surface area contributed by atoms with E-state index >= 15 is 0 Å². The number of hydrogen-bond donors (Lipinski definition) is 3. The zero-order valence-electron chi connectivity index (χ0n) is 20.5. The normalized spacial score (nSPS) is 20.7. The van der Waals surface area contributed by atoms with E-state index < -0.39 is 65.1 Å². The predicted octanol–water partition coefficient (Wildman–Crippen LogP) is 3.28. The van der Waals surface area contributed by atoms with E-state index in [1.807, 2.05) is 30.3 Å². The van der Waals surface area contributed by atoms with Gasteiger partial charge in [-0.2, -0.15) is 0 Å². The molecular formula is C29H27F2N3O4. The molecule has 1 heterocycles. The molecule has 196 valence electrons. The number of rotatable bonds is 6. The summed E-state index contributed by atoms with van der Waals surface area (Å²) in [5.74, 6) is -5.67. The molecule has 1 aliphatic heterocycles. The van der Waals surface area contributed by atoms with Crippen LogP contribution in [0.2, 0.25) is 0 Å². The van der Waals surface area contributed by atoms with Gasteiger partial charge in [-0.1, -0.05) is 72.8 Å². The summed E-state index contributed by atoms with van der Waals surface area (Å²) < 4.78 is 27.7. The molecule has 0 aromatic heterocycles. The van der Waals surface area contributed by atoms with Gasteiger partial charge in [0, 0.05) is 12.0 Å². The van der Waals surface area contributed by atoms with E-state index in [4.69, 9.17) is 5.73 Å². The van der Waals surface area contributed by atoms with Crippen molar-refractivity contribution in [3.63, 3.8) is 0 Å². The second-order valence-electron chi connectivity index (χ2n) is 9.10. The van der Waals surface area contributed by atoms with Crippen molar-refractivity contribution in [1.82, 2.24) is 10.2 Å². The van der Waals surface area contributed by atoms with Gasteiger partial charge in [-0.15, -0.1) is 0 Å². The van der Waals surface area contributed by atoms with Crippen LogP contribution in [0.5, 0.6) is 0 Å². The lowest BCUT2D eigenvalue weighted by Crippen LogP contribution is -2.58. The van der Waals surface area contributed by atoms with Crippen molar-refractivity contribution in [1.29, 1.82) is 0 Å². The van der Waals surface area contributed by atoms with Crippen LogP contribution in [0.15, 0.2) is 91.0 Å². The van der Waals surface area contributed by atoms with Crippen LogP contribution in [0.25, 0.3) is 0 Å². The van der Waals surface area contributed by atoms with Gasteiger partial charge in [0.1, 0.15) is 17.7 Å². The van der Waals surface area contributed by atoms with Crippen molar-refractivity contribution >= 4 is 17.7 Å². The summed E-state index contributed by atoms with van der Waals surface area (Å²) in [4.78, 5) is 41.4. The van der Waals surface area contributed by atoms with Crippen molar-refractivity contribution in [3.05, 3.63) is 119 Å². The van der Waals surface area contributed by atoms with Crippen LogP contribution in [0.4, 0.5) is 8.78 Å². The fraction of sp³-hybridized carbons (Fsp3) is 0.207. The van der Waals surface area contributed by atoms with E-state index in [9.17, 15) is 28.3 Å². The lowest BCUT2D eigenvalue weighted by Gasteiger charge is -2.35. The summed E-state index contributed by atoms with van der Waals surface area (Å²) in [6.07, 6.45) is 1.35. The molecule has 9 heteroatoms. The third kappa shape index (κ3) is 5.69. The summed E-state index contributed by atoms with van der Waals surface area (Å²) >= 11 is 0. The SMILES string of the molecule is C[C@H](N)C(=O)N(C(=O)[C@H](O)c1cc(F)cc(F)c1)[C@@H]1C(=O)N[C@H](c2ccccc2)C=C[C@@H]1c1ccccc1. The van der Waals surface area contributed by atoms with E-state index in [1.165, 1.54) is 6.92 Å². The number of nitrogens with zero attached hydrogens (tertiary/aromatic N) is 1. The molecule has 1 aliphatic rings. The minimum atomic E-state index is -2.13. The monoisotopic (exact) mass is 519 g/mol. The molecule has 0 bridgehead atoms. The fourth-order valence-corrected chi connectivity index (χ4v) is 4.50. The number of aliphatic hydroxyl groups is 1. The van der Waals surface area contributed by atoms with Crippen LogP contribution >= 0.6 is 0 Å². The topological polar surface area (TPSA) is 113 Å². The van der Waals surface area contributed by atoms with E-state index in [-0.39, 0.29) is 0 Å². The van der Waals surface area contributed by atoms with Crippen LogP contribution in [0.3, 0.4) is 0 Å². The third-order valence-corrected chi connectivity index (χ3v) is 6.34. The molecule has 38 heavy (non-hydrogen) atoms. The molecule has 3 aromatic rings. The maximum absolute atomic E-state index is 13.9. The van der Waals surface area contributed by atoms with Crippen molar-refractivity contribution in [2.75, 3.05) is 0 Å². The average Bonchev–Trinajstić information content (AvgIpc) is 3.07. The molecule has 3 amide bonds. The summed E-state index contributed by atoms with van der Waals surface area (Å²) in [6.45, 7) is 1.34. The number of nitrogens with one attached hydrogen (secondary N) is 1. The quantitative estimate of drug-likeness (QED) is 0.433. The van der Waals surface area contributed by atoms with E-state index in [2.05, 4.69) is 5.32 Å². The molecule has 0 aliphatic carbocycles. The molecular weight excluding hydrogens is 492 g/mol. The Hall–Kier alpha value is -4.21. The molecule has 0 saturated heterocycles. The zero-order chi connectivity index (χ0) is 27.4. The molecule has 0 saturated carbocycles. The van der Waals surface area contributed by atoms with E-state index in [0.717, 1.165) is 17.7 Å². The smallest absolute Gasteiger partial charge is 0.263 e. The molecule has 4 rings (SSSR count). The number of amides is 3. The molecule has 0 radical (unpaired) electrons. The fourth-order valence-electron chi connectivity index (χ4n) is 4.50. The summed E-state index contributed by atoms with van der Waals surface area (Å²) in [7, 11) is 0. The molecule has 0 unspecified atom stereocenters. The number of hydrogen-bond acceptors (Lipinski definition) is 5. The van der Waals surface area contributed by atoms with Crippen molar-refractivity contribution in [2.45, 2.75) is 37.1 Å². The van der Waals surface area contributed by atoms with Gasteiger partial charge >= 0.3 is 0 Å². The van der Waals surface area contributed by atoms with Gasteiger partial charge in [0.2, 0.25) is 11.8 Å². The van der Waals surface area contributed by atoms with Crippen LogP contribution in [-0.2, 0) is 14.4 Å². The van der Waals surface area contributed by atoms with Crippen LogP contribution in [0, 0.1) is 11.6 Å². The minimum Gasteiger partial charge on any atom is -0.378 e. The van der Waals surface area contributed by atoms with E-state index in [0.29, 0.717) is 16.5 Å². The predicted molar refractivity (Wildman–Crippen MR) is 136 cm³/mol. The highest BCUT2D eigenvalue weighted by Crippen LogP contribution is 2.32. The molecule has 4 N–H and O–H groups in total. The first-order valence-corrected chi connectivity index (χ1v) is 12.0. The Morgan fingerprint density at radius 2 is 1.45 bits per heavy atom. The van der Waals surface area contributed by atoms with Gasteiger partial charge in [0.15, 0.2) is 6.10 Å². The standard InChI is InChI=1S/C29H27F2N3O4/c1-17(32)28(37)34(29(38)26(35)20-14-21(30)16-22(31)15-20)25-23(18-8-4-2-5-9-18)12-13-24(33-27(25)36)19-10-6-3-7-11-19/h2-17,23-26,35H,32H2,1H3,(H,33,36)/t17-,23+,24-,25-,26+/m0/s1. The van der Waals surface area contributed by atoms with Crippen LogP contribution in [0.1, 0.15) is 41.7 Å². The largest absolute Gasteiger partial charge is 0.378 e. The maximum Gasteiger partial charge on any atom is 0.263 e. The highest BCUT2D eigenvalue weighted by atomic mass is 19.1. The van der Waals surface area contributed by atoms with Gasteiger partial charge in [0.25, 0.3) is 5.91 Å². The lowest BCUT2D eigenvalue weighted by molar-refractivity contribution is -0.158. The minimum absolute atomic E-state index is 0.405. The van der Waals surface area contributed by atoms with Gasteiger partial charge in [-0.25, -0.2) is 8.78 Å². The van der Waals surface area contributed by atoms with Crippen molar-refractivity contribution in [3.8, 4) is 0 Å². The Balaban J connectivity index is 1.82. The van der Waals surface area contributed by atoms with Crippen LogP contribution < -0.4 is 11.1 Å². The van der Waals surface area contributed by atoms with Crippen molar-refractivity contribution < 1.29 is 28.3 Å². The third-order valence-electron chi connectivity index (χ3n) is 6.34. The Morgan fingerprint density at radius 1 is 0.895 bits per heavy atom. The number of benzene rings is 3. The number of carbonyl (C=O) groups is 3. The zero-order valence-corrected chi connectivity index (χ0v) is 20.5. The number of imide groups is 1. The first-order chi connectivity index (χ1) is 18.2. The highest BCUT2D eigenvalue weighted by molar-refractivity contribution is 6.04. The maximum atomic E-state index is 13.9. The molecule has 0 fully saturated rings. The van der Waals surface area contributed by atoms with E-state index in [1.54, 1.807) is 42.5 Å². The van der Waals surface area contributed by atoms with Gasteiger partial charge in [-0.3, -0.25) is 19.3 Å². The number of nitrogens with two attached hydrogens (primary N) is 1. The molecule has 3 aromatic carbocycles. The summed E-state index contributed by atoms with van der Waals surface area (Å²) in [5.41, 5.74) is 6.85. The average molecular weight is 520 g/mol. The summed E-state index contributed by atoms with van der Waals surface area (Å²) in [6, 6.07) is 16.8. The Kier molecular flexibility index (Phi) is 8.09. The van der Waals surface area contributed by atoms with Crippen LogP contribution in [-0.4, -0.2) is 39.8 Å². The first-order valence-electron chi connectivity index (χ1n) is 12.0. The van der Waals surface area contributed by atoms with Gasteiger partial charge in [-0.05, 0) is 35.7 Å². The highest BCUT2D eigenvalue weighted by Gasteiger charge is 2.44. The molecule has 7 nitrogen and oxygen atoms in total. The number of aliphatic hydroxyl groups excluding tert-OH is 1. The second kappa shape index (κ2) is 11.5. The Morgan fingerprint density at radius 3 is 2.00 bits per heavy atom. The Labute approximate surface area is 218 Å². The Bertz CT molecular complexity index is 1330.